The Bertz CT molecular complexity index is 355. The molecule has 4 nitrogen and oxygen atoms in total. The first-order chi connectivity index (χ1) is 7.84. The van der Waals surface area contributed by atoms with E-state index in [1.54, 1.807) is 0 Å². The van der Waals surface area contributed by atoms with E-state index in [1.807, 2.05) is 11.8 Å². The summed E-state index contributed by atoms with van der Waals surface area (Å²) < 4.78 is 2.16. The van der Waals surface area contributed by atoms with E-state index in [-0.39, 0.29) is 0 Å². The smallest absolute Gasteiger partial charge is 0.0944 e. The van der Waals surface area contributed by atoms with Gasteiger partial charge in [0.1, 0.15) is 0 Å². The Balaban J connectivity index is 1.83. The molecule has 1 atom stereocenters. The first-order valence-electron chi connectivity index (χ1n) is 5.96. The maximum atomic E-state index is 4.73. The number of aromatic nitrogens is 2. The van der Waals surface area contributed by atoms with Gasteiger partial charge in [-0.15, -0.1) is 11.8 Å². The lowest BCUT2D eigenvalue weighted by Crippen LogP contribution is -2.27. The second kappa shape index (κ2) is 4.39. The third-order valence-corrected chi connectivity index (χ3v) is 4.44. The highest BCUT2D eigenvalue weighted by Gasteiger charge is 2.24. The number of rotatable bonds is 1. The van der Waals surface area contributed by atoms with Crippen molar-refractivity contribution < 1.29 is 0 Å². The van der Waals surface area contributed by atoms with Crippen LogP contribution in [0.1, 0.15) is 18.2 Å². The van der Waals surface area contributed by atoms with E-state index in [9.17, 15) is 0 Å². The Morgan fingerprint density at radius 2 is 2.38 bits per heavy atom. The Morgan fingerprint density at radius 3 is 3.25 bits per heavy atom. The van der Waals surface area contributed by atoms with Crippen molar-refractivity contribution in [2.75, 3.05) is 32.4 Å². The van der Waals surface area contributed by atoms with E-state index in [4.69, 9.17) is 5.10 Å². The van der Waals surface area contributed by atoms with Crippen LogP contribution >= 0.6 is 11.8 Å². The molecule has 0 saturated carbocycles. The predicted molar refractivity (Wildman–Crippen MR) is 65.8 cm³/mol. The molecule has 1 unspecified atom stereocenters. The van der Waals surface area contributed by atoms with Crippen molar-refractivity contribution in [3.63, 3.8) is 0 Å². The van der Waals surface area contributed by atoms with Crippen LogP contribution < -0.4 is 5.32 Å². The van der Waals surface area contributed by atoms with Gasteiger partial charge >= 0.3 is 0 Å². The van der Waals surface area contributed by atoms with Crippen molar-refractivity contribution >= 4 is 11.8 Å². The highest BCUT2D eigenvalue weighted by Crippen LogP contribution is 2.30. The molecule has 0 bridgehead atoms. The lowest BCUT2D eigenvalue weighted by molar-refractivity contribution is 0.252. The van der Waals surface area contributed by atoms with Gasteiger partial charge in [0, 0.05) is 18.8 Å². The lowest BCUT2D eigenvalue weighted by atomic mass is 10.1. The molecule has 3 rings (SSSR count). The summed E-state index contributed by atoms with van der Waals surface area (Å²) in [6.07, 6.45) is 1.16. The van der Waals surface area contributed by atoms with Gasteiger partial charge in [0.25, 0.3) is 0 Å². The number of nitrogens with one attached hydrogen (secondary N) is 1. The fourth-order valence-electron chi connectivity index (χ4n) is 2.46. The van der Waals surface area contributed by atoms with Gasteiger partial charge in [0.2, 0.25) is 0 Å². The third-order valence-electron chi connectivity index (χ3n) is 3.42. The summed E-state index contributed by atoms with van der Waals surface area (Å²) >= 11 is 1.93. The lowest BCUT2D eigenvalue weighted by Gasteiger charge is -2.23. The molecular weight excluding hydrogens is 220 g/mol. The molecule has 5 heteroatoms. The number of hydrogen-bond donors (Lipinski definition) is 1. The highest BCUT2D eigenvalue weighted by molar-refractivity contribution is 7.99. The Morgan fingerprint density at radius 1 is 1.44 bits per heavy atom. The quantitative estimate of drug-likeness (QED) is 0.790. The SMILES string of the molecule is CN1CCNCCC1c1cc2n(n1)CCS2. The molecule has 1 saturated heterocycles. The summed E-state index contributed by atoms with van der Waals surface area (Å²) in [5.41, 5.74) is 1.26. The Labute approximate surface area is 100 Å². The molecule has 2 aliphatic rings. The van der Waals surface area contributed by atoms with Gasteiger partial charge in [0.15, 0.2) is 0 Å². The van der Waals surface area contributed by atoms with Gasteiger partial charge in [-0.05, 0) is 26.1 Å². The van der Waals surface area contributed by atoms with E-state index in [0.717, 1.165) is 32.6 Å². The van der Waals surface area contributed by atoms with Crippen LogP contribution in [0, 0.1) is 0 Å². The highest BCUT2D eigenvalue weighted by atomic mass is 32.2. The first kappa shape index (κ1) is 10.6. The third kappa shape index (κ3) is 1.87. The van der Waals surface area contributed by atoms with E-state index >= 15 is 0 Å². The van der Waals surface area contributed by atoms with Crippen molar-refractivity contribution in [2.45, 2.75) is 24.0 Å². The van der Waals surface area contributed by atoms with Crippen LogP contribution in [0.4, 0.5) is 0 Å². The van der Waals surface area contributed by atoms with Gasteiger partial charge in [-0.1, -0.05) is 0 Å². The van der Waals surface area contributed by atoms with E-state index in [1.165, 1.54) is 16.5 Å². The molecule has 0 aliphatic carbocycles. The van der Waals surface area contributed by atoms with Crippen molar-refractivity contribution in [3.05, 3.63) is 11.8 Å². The van der Waals surface area contributed by atoms with Crippen LogP contribution in [0.25, 0.3) is 0 Å². The number of aryl methyl sites for hydroxylation is 1. The zero-order valence-corrected chi connectivity index (χ0v) is 10.5. The minimum atomic E-state index is 0.494. The maximum Gasteiger partial charge on any atom is 0.0944 e. The molecule has 1 fully saturated rings. The maximum absolute atomic E-state index is 4.73. The van der Waals surface area contributed by atoms with Crippen LogP contribution in [-0.2, 0) is 6.54 Å². The monoisotopic (exact) mass is 238 g/mol. The van der Waals surface area contributed by atoms with Crippen molar-refractivity contribution in [2.24, 2.45) is 0 Å². The van der Waals surface area contributed by atoms with Crippen LogP contribution in [0.15, 0.2) is 11.1 Å². The van der Waals surface area contributed by atoms with Crippen LogP contribution in [0.5, 0.6) is 0 Å². The van der Waals surface area contributed by atoms with E-state index < -0.39 is 0 Å². The average Bonchev–Trinajstić information content (AvgIpc) is 2.77. The Kier molecular flexibility index (Phi) is 2.91. The predicted octanol–water partition coefficient (Wildman–Crippen LogP) is 0.955. The topological polar surface area (TPSA) is 33.1 Å². The number of likely N-dealkylation sites (N-methyl/N-ethyl adjacent to an activating group) is 1. The number of thioether (sulfide) groups is 1. The summed E-state index contributed by atoms with van der Waals surface area (Å²) in [6, 6.07) is 2.78. The molecule has 2 aliphatic heterocycles. The molecule has 1 N–H and O–H groups in total. The minimum Gasteiger partial charge on any atom is -0.315 e. The molecule has 0 amide bonds. The van der Waals surface area contributed by atoms with Gasteiger partial charge in [-0.3, -0.25) is 9.58 Å². The normalized spacial score (nSPS) is 26.7. The van der Waals surface area contributed by atoms with Crippen molar-refractivity contribution in [1.29, 1.82) is 0 Å². The summed E-state index contributed by atoms with van der Waals surface area (Å²) in [5, 5.41) is 9.53. The second-order valence-corrected chi connectivity index (χ2v) is 5.63. The van der Waals surface area contributed by atoms with Crippen molar-refractivity contribution in [3.8, 4) is 0 Å². The second-order valence-electron chi connectivity index (χ2n) is 4.51. The zero-order valence-electron chi connectivity index (χ0n) is 9.65. The van der Waals surface area contributed by atoms with Gasteiger partial charge < -0.3 is 5.32 Å². The molecule has 1 aromatic heterocycles. The fraction of sp³-hybridized carbons (Fsp3) is 0.727. The first-order valence-corrected chi connectivity index (χ1v) is 6.94. The molecule has 0 spiro atoms. The molecule has 0 aromatic carbocycles. The van der Waals surface area contributed by atoms with Gasteiger partial charge in [-0.2, -0.15) is 5.10 Å². The summed E-state index contributed by atoms with van der Waals surface area (Å²) in [6.45, 7) is 4.38. The van der Waals surface area contributed by atoms with Crippen LogP contribution in [-0.4, -0.2) is 47.1 Å². The number of fused-ring (bicyclic) bond motifs is 1. The average molecular weight is 238 g/mol. The zero-order chi connectivity index (χ0) is 11.0. The van der Waals surface area contributed by atoms with Gasteiger partial charge in [-0.25, -0.2) is 0 Å². The summed E-state index contributed by atoms with van der Waals surface area (Å²) in [4.78, 5) is 2.42. The van der Waals surface area contributed by atoms with Crippen molar-refractivity contribution in [1.82, 2.24) is 20.0 Å². The van der Waals surface area contributed by atoms with Crippen LogP contribution in [0.3, 0.4) is 0 Å². The standard InChI is InChI=1S/C11H18N4S/c1-14-5-4-12-3-2-10(14)9-8-11-15(13-9)6-7-16-11/h8,10,12H,2-7H2,1H3. The molecule has 88 valence electrons. The summed E-state index contributed by atoms with van der Waals surface area (Å²) in [7, 11) is 2.20. The van der Waals surface area contributed by atoms with E-state index in [0.29, 0.717) is 6.04 Å². The summed E-state index contributed by atoms with van der Waals surface area (Å²) in [5.74, 6) is 1.19. The fourth-order valence-corrected chi connectivity index (χ4v) is 3.42. The van der Waals surface area contributed by atoms with Gasteiger partial charge in [0.05, 0.1) is 23.3 Å². The molecule has 16 heavy (non-hydrogen) atoms. The molecular formula is C11H18N4S. The molecule has 1 aromatic rings. The van der Waals surface area contributed by atoms with E-state index in [2.05, 4.69) is 28.0 Å². The molecule has 0 radical (unpaired) electrons. The Hall–Kier alpha value is -0.520. The number of nitrogens with zero attached hydrogens (tertiary/aromatic N) is 3. The molecule has 3 heterocycles. The number of hydrogen-bond acceptors (Lipinski definition) is 4. The van der Waals surface area contributed by atoms with Crippen LogP contribution in [0.2, 0.25) is 0 Å². The minimum absolute atomic E-state index is 0.494. The largest absolute Gasteiger partial charge is 0.315 e.